The monoisotopic (exact) mass is 273 g/mol. The van der Waals surface area contributed by atoms with Crippen LogP contribution in [0.5, 0.6) is 0 Å². The van der Waals surface area contributed by atoms with Crippen molar-refractivity contribution in [3.8, 4) is 0 Å². The van der Waals surface area contributed by atoms with Gasteiger partial charge in [0.25, 0.3) is 0 Å². The Hall–Kier alpha value is -1.15. The van der Waals surface area contributed by atoms with Crippen molar-refractivity contribution in [3.63, 3.8) is 0 Å². The molecule has 1 fully saturated rings. The Balaban J connectivity index is 1.84. The number of nitrogens with zero attached hydrogens (tertiary/aromatic N) is 1. The maximum absolute atomic E-state index is 12.4. The molecule has 1 aliphatic rings. The number of rotatable bonds is 5. The van der Waals surface area contributed by atoms with Gasteiger partial charge in [0.05, 0.1) is 0 Å². The molecule has 110 valence electrons. The summed E-state index contributed by atoms with van der Waals surface area (Å²) >= 11 is 0. The zero-order chi connectivity index (χ0) is 14.5. The van der Waals surface area contributed by atoms with Crippen molar-refractivity contribution in [2.75, 3.05) is 19.6 Å². The molecular weight excluding hydrogens is 246 g/mol. The average Bonchev–Trinajstić information content (AvgIpc) is 2.48. The number of carbonyl (C=O) groups excluding carboxylic acids is 1. The molecule has 0 bridgehead atoms. The van der Waals surface area contributed by atoms with Crippen LogP contribution in [0.15, 0.2) is 30.3 Å². The van der Waals surface area contributed by atoms with Gasteiger partial charge in [-0.2, -0.15) is 0 Å². The molecule has 0 amide bonds. The summed E-state index contributed by atoms with van der Waals surface area (Å²) in [7, 11) is 0. The molecule has 0 saturated carbocycles. The summed E-state index contributed by atoms with van der Waals surface area (Å²) in [5, 5.41) is 0. The van der Waals surface area contributed by atoms with E-state index in [0.717, 1.165) is 37.0 Å². The molecule has 1 aromatic rings. The lowest BCUT2D eigenvalue weighted by Crippen LogP contribution is -2.39. The number of hydrogen-bond donors (Lipinski definition) is 0. The van der Waals surface area contributed by atoms with Crippen LogP contribution in [0.3, 0.4) is 0 Å². The summed E-state index contributed by atoms with van der Waals surface area (Å²) in [4.78, 5) is 14.8. The fourth-order valence-electron chi connectivity index (χ4n) is 3.16. The van der Waals surface area contributed by atoms with E-state index in [1.54, 1.807) is 0 Å². The van der Waals surface area contributed by atoms with E-state index >= 15 is 0 Å². The molecular formula is C18H27NO. The normalized spacial score (nSPS) is 19.2. The summed E-state index contributed by atoms with van der Waals surface area (Å²) < 4.78 is 0. The maximum Gasteiger partial charge on any atom is 0.166 e. The molecule has 1 aromatic carbocycles. The Morgan fingerprint density at radius 2 is 1.75 bits per heavy atom. The Labute approximate surface area is 123 Å². The fourth-order valence-corrected chi connectivity index (χ4v) is 3.16. The van der Waals surface area contributed by atoms with E-state index < -0.39 is 0 Å². The lowest BCUT2D eigenvalue weighted by molar-refractivity contribution is 0.0857. The second-order valence-corrected chi connectivity index (χ2v) is 6.51. The highest BCUT2D eigenvalue weighted by Crippen LogP contribution is 2.25. The minimum absolute atomic E-state index is 0.0907. The molecule has 0 N–H and O–H groups in total. The van der Waals surface area contributed by atoms with Crippen LogP contribution in [0.4, 0.5) is 0 Å². The highest BCUT2D eigenvalue weighted by molar-refractivity contribution is 5.97. The van der Waals surface area contributed by atoms with Crippen LogP contribution < -0.4 is 0 Å². The molecule has 0 spiro atoms. The van der Waals surface area contributed by atoms with Crippen molar-refractivity contribution in [2.45, 2.75) is 33.6 Å². The summed E-state index contributed by atoms with van der Waals surface area (Å²) in [5.41, 5.74) is 0.845. The zero-order valence-corrected chi connectivity index (χ0v) is 13.0. The van der Waals surface area contributed by atoms with Gasteiger partial charge in [-0.25, -0.2) is 0 Å². The van der Waals surface area contributed by atoms with E-state index in [1.807, 2.05) is 30.3 Å². The SMILES string of the molecule is CC(CN1CCC(C(C)C)CC1)C(=O)c1ccccc1. The predicted octanol–water partition coefficient (Wildman–Crippen LogP) is 3.87. The number of carbonyl (C=O) groups is 1. The molecule has 2 rings (SSSR count). The number of hydrogen-bond acceptors (Lipinski definition) is 2. The van der Waals surface area contributed by atoms with Crippen LogP contribution in [0.1, 0.15) is 44.0 Å². The van der Waals surface area contributed by atoms with Crippen molar-refractivity contribution < 1.29 is 4.79 Å². The second-order valence-electron chi connectivity index (χ2n) is 6.51. The van der Waals surface area contributed by atoms with Crippen LogP contribution >= 0.6 is 0 Å². The third-order valence-electron chi connectivity index (χ3n) is 4.61. The van der Waals surface area contributed by atoms with E-state index in [9.17, 15) is 4.79 Å². The molecule has 1 aliphatic heterocycles. The van der Waals surface area contributed by atoms with E-state index in [1.165, 1.54) is 12.8 Å². The van der Waals surface area contributed by atoms with Crippen molar-refractivity contribution in [2.24, 2.45) is 17.8 Å². The molecule has 1 saturated heterocycles. The summed E-state index contributed by atoms with van der Waals surface area (Å²) in [6, 6.07) is 9.67. The fraction of sp³-hybridized carbons (Fsp3) is 0.611. The van der Waals surface area contributed by atoms with Gasteiger partial charge in [-0.3, -0.25) is 4.79 Å². The standard InChI is InChI=1S/C18H27NO/c1-14(2)16-9-11-19(12-10-16)13-15(3)18(20)17-7-5-4-6-8-17/h4-8,14-16H,9-13H2,1-3H3. The molecule has 2 nitrogen and oxygen atoms in total. The molecule has 2 heteroatoms. The quantitative estimate of drug-likeness (QED) is 0.759. The molecule has 1 atom stereocenters. The number of benzene rings is 1. The van der Waals surface area contributed by atoms with Crippen LogP contribution in [-0.4, -0.2) is 30.3 Å². The summed E-state index contributed by atoms with van der Waals surface area (Å²) in [5.74, 6) is 2.02. The minimum atomic E-state index is 0.0907. The second kappa shape index (κ2) is 7.03. The van der Waals surface area contributed by atoms with Gasteiger partial charge in [-0.05, 0) is 37.8 Å². The van der Waals surface area contributed by atoms with Gasteiger partial charge in [-0.1, -0.05) is 51.1 Å². The average molecular weight is 273 g/mol. The Morgan fingerprint density at radius 1 is 1.15 bits per heavy atom. The molecule has 0 radical (unpaired) electrons. The first-order valence-electron chi connectivity index (χ1n) is 7.89. The summed E-state index contributed by atoms with van der Waals surface area (Å²) in [6.45, 7) is 9.90. The van der Waals surface area contributed by atoms with Gasteiger partial charge in [0, 0.05) is 18.0 Å². The topological polar surface area (TPSA) is 20.3 Å². The number of likely N-dealkylation sites (tertiary alicyclic amines) is 1. The van der Waals surface area contributed by atoms with Crippen LogP contribution in [-0.2, 0) is 0 Å². The van der Waals surface area contributed by atoms with Gasteiger partial charge in [0.1, 0.15) is 0 Å². The van der Waals surface area contributed by atoms with Crippen molar-refractivity contribution in [1.29, 1.82) is 0 Å². The lowest BCUT2D eigenvalue weighted by atomic mass is 9.86. The first-order chi connectivity index (χ1) is 9.58. The van der Waals surface area contributed by atoms with Gasteiger partial charge in [0.15, 0.2) is 5.78 Å². The van der Waals surface area contributed by atoms with Crippen molar-refractivity contribution >= 4 is 5.78 Å². The molecule has 0 aliphatic carbocycles. The first kappa shape index (κ1) is 15.2. The predicted molar refractivity (Wildman–Crippen MR) is 83.9 cm³/mol. The van der Waals surface area contributed by atoms with Crippen LogP contribution in [0, 0.1) is 17.8 Å². The highest BCUT2D eigenvalue weighted by atomic mass is 16.1. The van der Waals surface area contributed by atoms with E-state index in [-0.39, 0.29) is 11.7 Å². The lowest BCUT2D eigenvalue weighted by Gasteiger charge is -2.34. The highest BCUT2D eigenvalue weighted by Gasteiger charge is 2.24. The number of Topliss-reactive ketones (excluding diaryl/α,β-unsaturated/α-hetero) is 1. The van der Waals surface area contributed by atoms with Crippen molar-refractivity contribution in [3.05, 3.63) is 35.9 Å². The Kier molecular flexibility index (Phi) is 5.36. The minimum Gasteiger partial charge on any atom is -0.303 e. The third kappa shape index (κ3) is 3.92. The van der Waals surface area contributed by atoms with E-state index in [0.29, 0.717) is 0 Å². The van der Waals surface area contributed by atoms with E-state index in [4.69, 9.17) is 0 Å². The number of piperidine rings is 1. The molecule has 1 heterocycles. The first-order valence-corrected chi connectivity index (χ1v) is 7.89. The Bertz CT molecular complexity index is 418. The smallest absolute Gasteiger partial charge is 0.166 e. The van der Waals surface area contributed by atoms with E-state index in [2.05, 4.69) is 25.7 Å². The Morgan fingerprint density at radius 3 is 2.30 bits per heavy atom. The maximum atomic E-state index is 12.4. The van der Waals surface area contributed by atoms with Crippen LogP contribution in [0.2, 0.25) is 0 Å². The molecule has 1 unspecified atom stereocenters. The van der Waals surface area contributed by atoms with Gasteiger partial charge in [-0.15, -0.1) is 0 Å². The molecule has 0 aromatic heterocycles. The zero-order valence-electron chi connectivity index (χ0n) is 13.0. The van der Waals surface area contributed by atoms with Gasteiger partial charge in [0.2, 0.25) is 0 Å². The largest absolute Gasteiger partial charge is 0.303 e. The van der Waals surface area contributed by atoms with Crippen molar-refractivity contribution in [1.82, 2.24) is 4.90 Å². The molecule has 20 heavy (non-hydrogen) atoms. The number of ketones is 1. The third-order valence-corrected chi connectivity index (χ3v) is 4.61. The van der Waals surface area contributed by atoms with Crippen LogP contribution in [0.25, 0.3) is 0 Å². The van der Waals surface area contributed by atoms with Gasteiger partial charge < -0.3 is 4.90 Å². The summed E-state index contributed by atoms with van der Waals surface area (Å²) in [6.07, 6.45) is 2.56. The van der Waals surface area contributed by atoms with Gasteiger partial charge >= 0.3 is 0 Å².